The van der Waals surface area contributed by atoms with Gasteiger partial charge in [-0.15, -0.1) is 0 Å². The van der Waals surface area contributed by atoms with E-state index in [9.17, 15) is 9.59 Å². The Morgan fingerprint density at radius 3 is 2.85 bits per heavy atom. The van der Waals surface area contributed by atoms with E-state index >= 15 is 0 Å². The predicted octanol–water partition coefficient (Wildman–Crippen LogP) is 2.54. The maximum atomic E-state index is 12.2. The number of urea groups is 1. The van der Waals surface area contributed by atoms with Crippen LogP contribution >= 0.6 is 0 Å². The van der Waals surface area contributed by atoms with Gasteiger partial charge in [0.05, 0.1) is 5.69 Å². The van der Waals surface area contributed by atoms with Gasteiger partial charge in [-0.3, -0.25) is 14.8 Å². The lowest BCUT2D eigenvalue weighted by Crippen LogP contribution is -2.29. The standard InChI is InChI=1S/C19H21N5O2/c1-24-17(9-14(23-24)8-12-6-7-12)22-19(26)21-11-13-10-20-18(25)16-5-3-2-4-15(13)16/h2-5,9-10,12H,6-8,11H2,1H3,(H,20,25)(H2,21,22,26). The lowest BCUT2D eigenvalue weighted by Gasteiger charge is -2.09. The molecule has 4 rings (SSSR count). The van der Waals surface area contributed by atoms with Gasteiger partial charge in [-0.2, -0.15) is 5.10 Å². The molecule has 26 heavy (non-hydrogen) atoms. The summed E-state index contributed by atoms with van der Waals surface area (Å²) in [5.74, 6) is 1.42. The van der Waals surface area contributed by atoms with Gasteiger partial charge in [0.25, 0.3) is 5.56 Å². The molecule has 1 aromatic carbocycles. The number of carbonyl (C=O) groups excluding carboxylic acids is 1. The Hall–Kier alpha value is -3.09. The summed E-state index contributed by atoms with van der Waals surface area (Å²) in [5.41, 5.74) is 1.73. The summed E-state index contributed by atoms with van der Waals surface area (Å²) >= 11 is 0. The van der Waals surface area contributed by atoms with Gasteiger partial charge in [0.1, 0.15) is 5.82 Å². The number of rotatable bonds is 5. The zero-order valence-electron chi connectivity index (χ0n) is 14.6. The number of anilines is 1. The third-order valence-electron chi connectivity index (χ3n) is 4.70. The molecule has 0 bridgehead atoms. The molecule has 1 aliphatic rings. The Bertz CT molecular complexity index is 1020. The van der Waals surface area contributed by atoms with Crippen molar-refractivity contribution in [2.75, 3.05) is 5.32 Å². The summed E-state index contributed by atoms with van der Waals surface area (Å²) in [7, 11) is 1.82. The maximum Gasteiger partial charge on any atom is 0.320 e. The minimum atomic E-state index is -0.304. The molecule has 2 aromatic heterocycles. The minimum Gasteiger partial charge on any atom is -0.334 e. The van der Waals surface area contributed by atoms with E-state index in [1.807, 2.05) is 31.3 Å². The highest BCUT2D eigenvalue weighted by molar-refractivity contribution is 5.89. The number of fused-ring (bicyclic) bond motifs is 1. The largest absolute Gasteiger partial charge is 0.334 e. The minimum absolute atomic E-state index is 0.133. The van der Waals surface area contributed by atoms with E-state index < -0.39 is 0 Å². The number of H-pyrrole nitrogens is 1. The van der Waals surface area contributed by atoms with Crippen molar-refractivity contribution in [1.82, 2.24) is 20.1 Å². The number of carbonyl (C=O) groups is 1. The van der Waals surface area contributed by atoms with Crippen LogP contribution in [0.5, 0.6) is 0 Å². The van der Waals surface area contributed by atoms with Crippen LogP contribution in [0.15, 0.2) is 41.3 Å². The molecular formula is C19H21N5O2. The average Bonchev–Trinajstić information content (AvgIpc) is 3.38. The van der Waals surface area contributed by atoms with Gasteiger partial charge in [-0.05, 0) is 42.2 Å². The fourth-order valence-corrected chi connectivity index (χ4v) is 3.11. The molecule has 0 atom stereocenters. The van der Waals surface area contributed by atoms with Crippen LogP contribution in [0.4, 0.5) is 10.6 Å². The summed E-state index contributed by atoms with van der Waals surface area (Å²) in [4.78, 5) is 26.8. The number of aryl methyl sites for hydroxylation is 1. The van der Waals surface area contributed by atoms with Crippen molar-refractivity contribution in [2.24, 2.45) is 13.0 Å². The van der Waals surface area contributed by atoms with Crippen LogP contribution < -0.4 is 16.2 Å². The van der Waals surface area contributed by atoms with Crippen LogP contribution in [0.1, 0.15) is 24.1 Å². The van der Waals surface area contributed by atoms with E-state index in [1.54, 1.807) is 16.9 Å². The van der Waals surface area contributed by atoms with E-state index in [1.165, 1.54) is 12.8 Å². The van der Waals surface area contributed by atoms with E-state index in [4.69, 9.17) is 0 Å². The van der Waals surface area contributed by atoms with Gasteiger partial charge >= 0.3 is 6.03 Å². The molecule has 0 unspecified atom stereocenters. The molecule has 0 spiro atoms. The number of nitrogens with zero attached hydrogens (tertiary/aromatic N) is 2. The summed E-state index contributed by atoms with van der Waals surface area (Å²) in [6, 6.07) is 8.97. The Morgan fingerprint density at radius 2 is 2.08 bits per heavy atom. The second-order valence-electron chi connectivity index (χ2n) is 6.79. The zero-order valence-corrected chi connectivity index (χ0v) is 14.6. The average molecular weight is 351 g/mol. The Balaban J connectivity index is 1.42. The number of hydrogen-bond donors (Lipinski definition) is 3. The van der Waals surface area contributed by atoms with Crippen LogP contribution in [0.25, 0.3) is 10.8 Å². The van der Waals surface area contributed by atoms with Crippen molar-refractivity contribution in [1.29, 1.82) is 0 Å². The monoisotopic (exact) mass is 351 g/mol. The lowest BCUT2D eigenvalue weighted by molar-refractivity contribution is 0.251. The number of hydrogen-bond acceptors (Lipinski definition) is 3. The number of benzene rings is 1. The molecule has 0 aliphatic heterocycles. The van der Waals surface area contributed by atoms with Crippen molar-refractivity contribution in [3.63, 3.8) is 0 Å². The Kier molecular flexibility index (Phi) is 4.20. The first kappa shape index (κ1) is 16.4. The number of aromatic nitrogens is 3. The van der Waals surface area contributed by atoms with Crippen molar-refractivity contribution in [2.45, 2.75) is 25.8 Å². The number of nitrogens with one attached hydrogen (secondary N) is 3. The molecule has 3 aromatic rings. The number of amides is 2. The molecule has 1 saturated carbocycles. The van der Waals surface area contributed by atoms with Crippen LogP contribution in [0, 0.1) is 5.92 Å². The summed E-state index contributed by atoms with van der Waals surface area (Å²) < 4.78 is 1.69. The first-order valence-electron chi connectivity index (χ1n) is 8.77. The quantitative estimate of drug-likeness (QED) is 0.659. The number of aromatic amines is 1. The number of pyridine rings is 1. The first-order valence-corrected chi connectivity index (χ1v) is 8.77. The molecule has 1 aliphatic carbocycles. The molecular weight excluding hydrogens is 330 g/mol. The molecule has 7 nitrogen and oxygen atoms in total. The van der Waals surface area contributed by atoms with E-state index in [0.29, 0.717) is 17.7 Å². The lowest BCUT2D eigenvalue weighted by atomic mass is 10.1. The van der Waals surface area contributed by atoms with Crippen molar-refractivity contribution in [3.05, 3.63) is 58.1 Å². The third kappa shape index (κ3) is 3.46. The summed E-state index contributed by atoms with van der Waals surface area (Å²) in [5, 5.41) is 11.6. The van der Waals surface area contributed by atoms with Gasteiger partial charge in [-0.1, -0.05) is 18.2 Å². The molecule has 2 amide bonds. The predicted molar refractivity (Wildman–Crippen MR) is 100 cm³/mol. The van der Waals surface area contributed by atoms with Gasteiger partial charge in [0, 0.05) is 31.2 Å². The van der Waals surface area contributed by atoms with Crippen LogP contribution in [0.2, 0.25) is 0 Å². The van der Waals surface area contributed by atoms with E-state index in [0.717, 1.165) is 29.0 Å². The van der Waals surface area contributed by atoms with E-state index in [2.05, 4.69) is 20.7 Å². The highest BCUT2D eigenvalue weighted by Gasteiger charge is 2.23. The zero-order chi connectivity index (χ0) is 18.1. The molecule has 0 radical (unpaired) electrons. The molecule has 7 heteroatoms. The summed E-state index contributed by atoms with van der Waals surface area (Å²) in [6.07, 6.45) is 5.16. The van der Waals surface area contributed by atoms with Crippen LogP contribution in [-0.4, -0.2) is 20.8 Å². The van der Waals surface area contributed by atoms with Crippen molar-refractivity contribution in [3.8, 4) is 0 Å². The maximum absolute atomic E-state index is 12.2. The SMILES string of the molecule is Cn1nc(CC2CC2)cc1NC(=O)NCc1c[nH]c(=O)c2ccccc12. The molecule has 3 N–H and O–H groups in total. The molecule has 134 valence electrons. The molecule has 1 fully saturated rings. The van der Waals surface area contributed by atoms with Gasteiger partial charge in [0.2, 0.25) is 0 Å². The highest BCUT2D eigenvalue weighted by Crippen LogP contribution is 2.32. The second kappa shape index (κ2) is 6.67. The molecule has 0 saturated heterocycles. The smallest absolute Gasteiger partial charge is 0.320 e. The Labute approximate surface area is 150 Å². The second-order valence-corrected chi connectivity index (χ2v) is 6.79. The molecule has 2 heterocycles. The van der Waals surface area contributed by atoms with Crippen molar-refractivity contribution < 1.29 is 4.79 Å². The fraction of sp³-hybridized carbons (Fsp3) is 0.316. The fourth-order valence-electron chi connectivity index (χ4n) is 3.11. The van der Waals surface area contributed by atoms with Gasteiger partial charge in [0.15, 0.2) is 0 Å². The first-order chi connectivity index (χ1) is 12.6. The normalized spacial score (nSPS) is 13.7. The van der Waals surface area contributed by atoms with Crippen molar-refractivity contribution >= 4 is 22.6 Å². The van der Waals surface area contributed by atoms with E-state index in [-0.39, 0.29) is 11.6 Å². The van der Waals surface area contributed by atoms with Crippen LogP contribution in [0.3, 0.4) is 0 Å². The van der Waals surface area contributed by atoms with Gasteiger partial charge < -0.3 is 10.3 Å². The topological polar surface area (TPSA) is 91.8 Å². The third-order valence-corrected chi connectivity index (χ3v) is 4.70. The Morgan fingerprint density at radius 1 is 1.31 bits per heavy atom. The summed E-state index contributed by atoms with van der Waals surface area (Å²) in [6.45, 7) is 0.315. The van der Waals surface area contributed by atoms with Crippen LogP contribution in [-0.2, 0) is 20.0 Å². The van der Waals surface area contributed by atoms with Gasteiger partial charge in [-0.25, -0.2) is 4.79 Å². The highest BCUT2D eigenvalue weighted by atomic mass is 16.2.